The summed E-state index contributed by atoms with van der Waals surface area (Å²) >= 11 is 0. The maximum Gasteiger partial charge on any atom is 0.226 e. The Kier molecular flexibility index (Phi) is 4.99. The third-order valence-corrected chi connectivity index (χ3v) is 4.81. The van der Waals surface area contributed by atoms with Crippen molar-refractivity contribution in [3.05, 3.63) is 0 Å². The van der Waals surface area contributed by atoms with Crippen molar-refractivity contribution in [3.63, 3.8) is 0 Å². The largest absolute Gasteiger partial charge is 0.342 e. The molecule has 0 radical (unpaired) electrons. The van der Waals surface area contributed by atoms with Crippen molar-refractivity contribution in [1.82, 2.24) is 4.90 Å². The minimum atomic E-state index is -0.0502. The van der Waals surface area contributed by atoms with Crippen LogP contribution in [0.3, 0.4) is 0 Å². The summed E-state index contributed by atoms with van der Waals surface area (Å²) < 4.78 is 0. The van der Waals surface area contributed by atoms with E-state index in [1.54, 1.807) is 0 Å². The number of carbonyl (C=O) groups is 1. The lowest BCUT2D eigenvalue weighted by Crippen LogP contribution is -2.47. The molecule has 1 heterocycles. The fraction of sp³-hybridized carbons (Fsp3) is 0.929. The minimum absolute atomic E-state index is 0.0495. The van der Waals surface area contributed by atoms with Gasteiger partial charge in [0.15, 0.2) is 0 Å². The zero-order valence-electron chi connectivity index (χ0n) is 11.8. The van der Waals surface area contributed by atoms with Crippen LogP contribution in [-0.4, -0.2) is 29.9 Å². The molecule has 1 amide bonds. The zero-order chi connectivity index (χ0) is 13.1. The Morgan fingerprint density at radius 2 is 1.71 bits per heavy atom. The van der Waals surface area contributed by atoms with E-state index in [2.05, 4.69) is 13.8 Å². The van der Waals surface area contributed by atoms with E-state index in [9.17, 15) is 4.79 Å². The third kappa shape index (κ3) is 3.21. The number of nitrogens with zero attached hydrogens (tertiary/aromatic N) is 1. The smallest absolute Gasteiger partial charge is 0.226 e. The van der Waals surface area contributed by atoms with Crippen molar-refractivity contribution in [2.75, 3.05) is 13.1 Å². The molecule has 0 aromatic carbocycles. The van der Waals surface area contributed by atoms with E-state index in [1.807, 2.05) is 18.7 Å². The van der Waals surface area contributed by atoms with E-state index in [-0.39, 0.29) is 17.9 Å². The van der Waals surface area contributed by atoms with Crippen LogP contribution in [-0.2, 0) is 4.79 Å². The van der Waals surface area contributed by atoms with Gasteiger partial charge in [0.25, 0.3) is 0 Å². The Balaban J connectivity index is 2.55. The van der Waals surface area contributed by atoms with Crippen LogP contribution in [0.25, 0.3) is 0 Å². The van der Waals surface area contributed by atoms with Gasteiger partial charge in [-0.05, 0) is 25.2 Å². The molecule has 3 heteroatoms. The molecule has 0 spiro atoms. The predicted molar refractivity (Wildman–Crippen MR) is 71.6 cm³/mol. The zero-order valence-corrected chi connectivity index (χ0v) is 11.8. The van der Waals surface area contributed by atoms with Crippen LogP contribution in [0.4, 0.5) is 0 Å². The van der Waals surface area contributed by atoms with Crippen LogP contribution in [0.1, 0.15) is 53.4 Å². The highest BCUT2D eigenvalue weighted by Crippen LogP contribution is 2.38. The molecule has 1 aliphatic rings. The van der Waals surface area contributed by atoms with Gasteiger partial charge in [-0.3, -0.25) is 4.79 Å². The summed E-state index contributed by atoms with van der Waals surface area (Å²) in [6.07, 6.45) is 4.76. The summed E-state index contributed by atoms with van der Waals surface area (Å²) in [5, 5.41) is 0. The predicted octanol–water partition coefficient (Wildman–Crippen LogP) is 2.40. The second-order valence-electron chi connectivity index (χ2n) is 5.68. The number of hydrogen-bond donors (Lipinski definition) is 1. The van der Waals surface area contributed by atoms with E-state index in [0.717, 1.165) is 25.9 Å². The number of amides is 1. The first-order chi connectivity index (χ1) is 7.95. The van der Waals surface area contributed by atoms with Gasteiger partial charge in [0.2, 0.25) is 5.91 Å². The first-order valence-electron chi connectivity index (χ1n) is 7.00. The lowest BCUT2D eigenvalue weighted by atomic mass is 9.74. The van der Waals surface area contributed by atoms with Crippen molar-refractivity contribution in [2.45, 2.75) is 59.4 Å². The first kappa shape index (κ1) is 14.5. The summed E-state index contributed by atoms with van der Waals surface area (Å²) in [5.41, 5.74) is 6.28. The van der Waals surface area contributed by atoms with Crippen molar-refractivity contribution in [1.29, 1.82) is 0 Å². The number of carbonyl (C=O) groups excluding carboxylic acids is 1. The number of nitrogens with two attached hydrogens (primary N) is 1. The molecule has 2 atom stereocenters. The molecule has 2 unspecified atom stereocenters. The average molecular weight is 240 g/mol. The topological polar surface area (TPSA) is 46.3 Å². The molecule has 2 N–H and O–H groups in total. The highest BCUT2D eigenvalue weighted by atomic mass is 16.2. The number of likely N-dealkylation sites (tertiary alicyclic amines) is 1. The van der Waals surface area contributed by atoms with Crippen molar-refractivity contribution in [3.8, 4) is 0 Å². The van der Waals surface area contributed by atoms with Gasteiger partial charge in [-0.15, -0.1) is 0 Å². The van der Waals surface area contributed by atoms with Gasteiger partial charge in [0.1, 0.15) is 0 Å². The summed E-state index contributed by atoms with van der Waals surface area (Å²) in [6, 6.07) is -0.0495. The van der Waals surface area contributed by atoms with E-state index in [0.29, 0.717) is 5.41 Å². The molecule has 3 nitrogen and oxygen atoms in total. The highest BCUT2D eigenvalue weighted by Gasteiger charge is 2.34. The monoisotopic (exact) mass is 240 g/mol. The molecule has 17 heavy (non-hydrogen) atoms. The van der Waals surface area contributed by atoms with Crippen LogP contribution in [0.15, 0.2) is 0 Å². The van der Waals surface area contributed by atoms with Gasteiger partial charge in [0.05, 0.1) is 5.92 Å². The van der Waals surface area contributed by atoms with Crippen LogP contribution in [0, 0.1) is 11.3 Å². The van der Waals surface area contributed by atoms with Crippen LogP contribution in [0.5, 0.6) is 0 Å². The van der Waals surface area contributed by atoms with Gasteiger partial charge < -0.3 is 10.6 Å². The van der Waals surface area contributed by atoms with E-state index in [1.165, 1.54) is 12.8 Å². The van der Waals surface area contributed by atoms with Crippen LogP contribution >= 0.6 is 0 Å². The number of rotatable bonds is 4. The van der Waals surface area contributed by atoms with Crippen molar-refractivity contribution < 1.29 is 4.79 Å². The van der Waals surface area contributed by atoms with Crippen molar-refractivity contribution in [2.24, 2.45) is 17.1 Å². The average Bonchev–Trinajstić information content (AvgIpc) is 2.37. The number of hydrogen-bond acceptors (Lipinski definition) is 2. The SMILES string of the molecule is CCC1(CC)CCN(C(=O)C(C)C(C)N)CC1. The summed E-state index contributed by atoms with van der Waals surface area (Å²) in [7, 11) is 0. The highest BCUT2D eigenvalue weighted by molar-refractivity contribution is 5.79. The fourth-order valence-corrected chi connectivity index (χ4v) is 2.67. The molecule has 0 aromatic rings. The lowest BCUT2D eigenvalue weighted by molar-refractivity contribution is -0.138. The molecule has 0 saturated carbocycles. The Morgan fingerprint density at radius 1 is 1.24 bits per heavy atom. The quantitative estimate of drug-likeness (QED) is 0.820. The van der Waals surface area contributed by atoms with Crippen LogP contribution in [0.2, 0.25) is 0 Å². The van der Waals surface area contributed by atoms with E-state index < -0.39 is 0 Å². The Bertz CT molecular complexity index is 249. The molecule has 1 fully saturated rings. The molecule has 0 aliphatic carbocycles. The minimum Gasteiger partial charge on any atom is -0.342 e. The van der Waals surface area contributed by atoms with Gasteiger partial charge in [0, 0.05) is 19.1 Å². The lowest BCUT2D eigenvalue weighted by Gasteiger charge is -2.42. The molecule has 1 aliphatic heterocycles. The van der Waals surface area contributed by atoms with Gasteiger partial charge in [-0.2, -0.15) is 0 Å². The Labute approximate surface area is 106 Å². The van der Waals surface area contributed by atoms with E-state index in [4.69, 9.17) is 5.73 Å². The fourth-order valence-electron chi connectivity index (χ4n) is 2.67. The van der Waals surface area contributed by atoms with Crippen molar-refractivity contribution >= 4 is 5.91 Å². The normalized spacial score (nSPS) is 23.2. The molecule has 100 valence electrons. The second-order valence-corrected chi connectivity index (χ2v) is 5.68. The summed E-state index contributed by atoms with van der Waals surface area (Å²) in [4.78, 5) is 14.2. The van der Waals surface area contributed by atoms with E-state index >= 15 is 0 Å². The van der Waals surface area contributed by atoms with Gasteiger partial charge in [-0.1, -0.05) is 33.6 Å². The first-order valence-corrected chi connectivity index (χ1v) is 7.00. The maximum absolute atomic E-state index is 12.2. The summed E-state index contributed by atoms with van der Waals surface area (Å²) in [6.45, 7) is 10.2. The number of piperidine rings is 1. The molecular formula is C14H28N2O. The Hall–Kier alpha value is -0.570. The maximum atomic E-state index is 12.2. The molecule has 1 saturated heterocycles. The molecule has 0 aromatic heterocycles. The Morgan fingerprint density at radius 3 is 2.06 bits per heavy atom. The molecule has 1 rings (SSSR count). The second kappa shape index (κ2) is 5.85. The standard InChI is InChI=1S/C14H28N2O/c1-5-14(6-2)7-9-16(10-8-14)13(17)11(3)12(4)15/h11-12H,5-10,15H2,1-4H3. The summed E-state index contributed by atoms with van der Waals surface area (Å²) in [5.74, 6) is 0.187. The third-order valence-electron chi connectivity index (χ3n) is 4.81. The van der Waals surface area contributed by atoms with Crippen LogP contribution < -0.4 is 5.73 Å². The molecular weight excluding hydrogens is 212 g/mol. The van der Waals surface area contributed by atoms with Gasteiger partial charge >= 0.3 is 0 Å². The molecule has 0 bridgehead atoms. The van der Waals surface area contributed by atoms with Gasteiger partial charge in [-0.25, -0.2) is 0 Å².